The molecular weight excluding hydrogens is 589 g/mol. The number of carbonyl (C=O) groups is 2. The third-order valence-corrected chi connectivity index (χ3v) is 6.74. The van der Waals surface area contributed by atoms with Crippen molar-refractivity contribution in [2.24, 2.45) is 0 Å². The molecule has 5 aromatic rings. The molecule has 0 bridgehead atoms. The van der Waals surface area contributed by atoms with E-state index in [9.17, 15) is 9.59 Å². The number of hydrogen-bond acceptors (Lipinski definition) is 5. The molecule has 1 aromatic heterocycles. The summed E-state index contributed by atoms with van der Waals surface area (Å²) in [7, 11) is 0. The van der Waals surface area contributed by atoms with E-state index in [1.165, 1.54) is 0 Å². The average molecular weight is 613 g/mol. The number of fused-ring (bicyclic) bond motifs is 1. The zero-order chi connectivity index (χ0) is 26.5. The van der Waals surface area contributed by atoms with Crippen molar-refractivity contribution >= 4 is 51.2 Å². The second-order valence-corrected chi connectivity index (χ2v) is 9.90. The predicted octanol–water partition coefficient (Wildman–Crippen LogP) is 7.14. The van der Waals surface area contributed by atoms with Gasteiger partial charge in [-0.25, -0.2) is 14.8 Å². The molecular formula is C31H24IN3O3. The molecule has 5 rings (SSSR count). The number of anilines is 1. The van der Waals surface area contributed by atoms with E-state index in [1.54, 1.807) is 25.1 Å². The maximum Gasteiger partial charge on any atom is 0.338 e. The molecule has 38 heavy (non-hydrogen) atoms. The molecule has 1 atom stereocenters. The lowest BCUT2D eigenvalue weighted by Gasteiger charge is -2.16. The minimum atomic E-state index is -0.927. The predicted molar refractivity (Wildman–Crippen MR) is 158 cm³/mol. The Morgan fingerprint density at radius 1 is 0.789 bits per heavy atom. The molecule has 0 saturated carbocycles. The highest BCUT2D eigenvalue weighted by atomic mass is 127. The molecule has 1 N–H and O–H groups in total. The lowest BCUT2D eigenvalue weighted by molar-refractivity contribution is -0.124. The van der Waals surface area contributed by atoms with Gasteiger partial charge in [0.25, 0.3) is 5.91 Å². The van der Waals surface area contributed by atoms with Gasteiger partial charge in [0.15, 0.2) is 6.10 Å². The van der Waals surface area contributed by atoms with Gasteiger partial charge in [-0.2, -0.15) is 0 Å². The summed E-state index contributed by atoms with van der Waals surface area (Å²) in [5.74, 6) is -0.965. The second kappa shape index (κ2) is 11.5. The molecule has 0 aliphatic carbocycles. The van der Waals surface area contributed by atoms with Crippen LogP contribution < -0.4 is 5.32 Å². The molecule has 0 radical (unpaired) electrons. The van der Waals surface area contributed by atoms with Crippen LogP contribution in [0.5, 0.6) is 0 Å². The third kappa shape index (κ3) is 5.73. The topological polar surface area (TPSA) is 81.2 Å². The Morgan fingerprint density at radius 2 is 1.37 bits per heavy atom. The maximum atomic E-state index is 13.1. The van der Waals surface area contributed by atoms with Crippen molar-refractivity contribution in [3.8, 4) is 22.5 Å². The number of carbonyl (C=O) groups excluding carboxylic acids is 2. The molecule has 7 heteroatoms. The number of esters is 1. The number of nitrogens with one attached hydrogen (secondary N) is 1. The van der Waals surface area contributed by atoms with Crippen LogP contribution in [0.4, 0.5) is 5.69 Å². The Balaban J connectivity index is 1.44. The Bertz CT molecular complexity index is 1590. The molecule has 4 aromatic carbocycles. The Hall–Kier alpha value is -4.11. The normalized spacial score (nSPS) is 11.6. The van der Waals surface area contributed by atoms with E-state index in [4.69, 9.17) is 14.7 Å². The first kappa shape index (κ1) is 25.5. The van der Waals surface area contributed by atoms with Gasteiger partial charge in [0, 0.05) is 20.4 Å². The highest BCUT2D eigenvalue weighted by Crippen LogP contribution is 2.31. The van der Waals surface area contributed by atoms with Crippen LogP contribution in [-0.4, -0.2) is 27.9 Å². The fraction of sp³-hybridized carbons (Fsp3) is 0.0968. The van der Waals surface area contributed by atoms with E-state index < -0.39 is 12.1 Å². The lowest BCUT2D eigenvalue weighted by atomic mass is 10.0. The fourth-order valence-corrected chi connectivity index (χ4v) is 4.41. The molecule has 0 spiro atoms. The van der Waals surface area contributed by atoms with Crippen molar-refractivity contribution in [3.63, 3.8) is 0 Å². The third-order valence-electron chi connectivity index (χ3n) is 6.02. The molecule has 1 amide bonds. The van der Waals surface area contributed by atoms with Crippen LogP contribution in [0.2, 0.25) is 0 Å². The van der Waals surface area contributed by atoms with E-state index in [-0.39, 0.29) is 5.91 Å². The molecule has 6 nitrogen and oxygen atoms in total. The largest absolute Gasteiger partial charge is 0.449 e. The van der Waals surface area contributed by atoms with Crippen LogP contribution in [0.15, 0.2) is 103 Å². The van der Waals surface area contributed by atoms with Crippen LogP contribution >= 0.6 is 22.6 Å². The quantitative estimate of drug-likeness (QED) is 0.156. The number of ether oxygens (including phenoxy) is 1. The van der Waals surface area contributed by atoms with Crippen molar-refractivity contribution in [3.05, 3.63) is 112 Å². The van der Waals surface area contributed by atoms with Crippen molar-refractivity contribution in [2.75, 3.05) is 5.32 Å². The summed E-state index contributed by atoms with van der Waals surface area (Å²) >= 11 is 2.20. The van der Waals surface area contributed by atoms with Crippen LogP contribution in [0.25, 0.3) is 33.5 Å². The Kier molecular flexibility index (Phi) is 7.74. The first-order valence-corrected chi connectivity index (χ1v) is 13.3. The van der Waals surface area contributed by atoms with Gasteiger partial charge in [-0.05, 0) is 71.5 Å². The zero-order valence-electron chi connectivity index (χ0n) is 20.6. The monoisotopic (exact) mass is 613 g/mol. The molecule has 0 aliphatic heterocycles. The van der Waals surface area contributed by atoms with Gasteiger partial charge in [-0.1, -0.05) is 67.6 Å². The highest BCUT2D eigenvalue weighted by molar-refractivity contribution is 14.1. The molecule has 0 saturated heterocycles. The van der Waals surface area contributed by atoms with Crippen LogP contribution in [-0.2, 0) is 9.53 Å². The van der Waals surface area contributed by atoms with Crippen LogP contribution in [0.1, 0.15) is 23.7 Å². The number of hydrogen-bond donors (Lipinski definition) is 1. The van der Waals surface area contributed by atoms with Crippen molar-refractivity contribution < 1.29 is 14.3 Å². The zero-order valence-corrected chi connectivity index (χ0v) is 22.8. The van der Waals surface area contributed by atoms with E-state index in [0.29, 0.717) is 28.7 Å². The van der Waals surface area contributed by atoms with Gasteiger partial charge in [-0.15, -0.1) is 0 Å². The smallest absolute Gasteiger partial charge is 0.338 e. The van der Waals surface area contributed by atoms with Crippen molar-refractivity contribution in [1.29, 1.82) is 0 Å². The summed E-state index contributed by atoms with van der Waals surface area (Å²) < 4.78 is 6.66. The summed E-state index contributed by atoms with van der Waals surface area (Å²) in [5.41, 5.74) is 5.53. The number of amides is 1. The summed E-state index contributed by atoms with van der Waals surface area (Å²) in [6.45, 7) is 1.80. The van der Waals surface area contributed by atoms with Crippen LogP contribution in [0.3, 0.4) is 0 Å². The van der Waals surface area contributed by atoms with Gasteiger partial charge < -0.3 is 10.1 Å². The number of rotatable bonds is 7. The number of aromatic nitrogens is 2. The minimum Gasteiger partial charge on any atom is -0.449 e. The Morgan fingerprint density at radius 3 is 1.95 bits per heavy atom. The van der Waals surface area contributed by atoms with Crippen LogP contribution in [0, 0.1) is 3.57 Å². The minimum absolute atomic E-state index is 0.304. The van der Waals surface area contributed by atoms with E-state index in [2.05, 4.69) is 27.9 Å². The van der Waals surface area contributed by atoms with E-state index >= 15 is 0 Å². The second-order valence-electron chi connectivity index (χ2n) is 8.65. The molecule has 0 fully saturated rings. The lowest BCUT2D eigenvalue weighted by Crippen LogP contribution is -2.32. The number of halogens is 1. The van der Waals surface area contributed by atoms with Gasteiger partial charge >= 0.3 is 5.97 Å². The summed E-state index contributed by atoms with van der Waals surface area (Å²) in [6.07, 6.45) is -0.586. The highest BCUT2D eigenvalue weighted by Gasteiger charge is 2.23. The number of nitrogens with zero attached hydrogens (tertiary/aromatic N) is 2. The molecule has 0 aliphatic rings. The fourth-order valence-electron chi connectivity index (χ4n) is 4.05. The van der Waals surface area contributed by atoms with Gasteiger partial charge in [0.1, 0.15) is 0 Å². The molecule has 1 heterocycles. The summed E-state index contributed by atoms with van der Waals surface area (Å²) in [4.78, 5) is 35.6. The van der Waals surface area contributed by atoms with Gasteiger partial charge in [-0.3, -0.25) is 4.79 Å². The first-order chi connectivity index (χ1) is 18.5. The maximum absolute atomic E-state index is 13.1. The SMILES string of the molecule is CCC(OC(=O)c1ccc2nc(-c3ccccc3)c(-c3ccccc3)nc2c1)C(=O)Nc1ccc(I)cc1. The standard InChI is InChI=1S/C31H24IN3O3/c1-2-27(30(36)33-24-16-14-23(32)15-17-24)38-31(37)22-13-18-25-26(19-22)35-29(21-11-7-4-8-12-21)28(34-25)20-9-5-3-6-10-20/h3-19,27H,2H2,1H3,(H,33,36). The molecule has 188 valence electrons. The summed E-state index contributed by atoms with van der Waals surface area (Å²) in [5, 5.41) is 2.81. The summed E-state index contributed by atoms with van der Waals surface area (Å²) in [6, 6.07) is 32.2. The first-order valence-electron chi connectivity index (χ1n) is 12.2. The Labute approximate surface area is 234 Å². The average Bonchev–Trinajstić information content (AvgIpc) is 2.96. The van der Waals surface area contributed by atoms with E-state index in [1.807, 2.05) is 84.9 Å². The van der Waals surface area contributed by atoms with Crippen molar-refractivity contribution in [2.45, 2.75) is 19.4 Å². The van der Waals surface area contributed by atoms with Gasteiger partial charge in [0.05, 0.1) is 28.0 Å². The molecule has 1 unspecified atom stereocenters. The van der Waals surface area contributed by atoms with Gasteiger partial charge in [0.2, 0.25) is 0 Å². The van der Waals surface area contributed by atoms with Crippen molar-refractivity contribution in [1.82, 2.24) is 9.97 Å². The number of benzene rings is 4. The van der Waals surface area contributed by atoms with E-state index in [0.717, 1.165) is 26.1 Å².